The zero-order valence-corrected chi connectivity index (χ0v) is 41.6. The van der Waals surface area contributed by atoms with E-state index in [0.717, 1.165) is 116 Å². The van der Waals surface area contributed by atoms with Gasteiger partial charge in [0.2, 0.25) is 0 Å². The number of hydrogen-bond donors (Lipinski definition) is 1. The number of hydrogen-bond acceptors (Lipinski definition) is 6. The van der Waals surface area contributed by atoms with Crippen molar-refractivity contribution in [3.63, 3.8) is 0 Å². The molecule has 0 rings (SSSR count). The number of rotatable bonds is 43. The second-order valence-electron chi connectivity index (χ2n) is 17.4. The van der Waals surface area contributed by atoms with Crippen molar-refractivity contribution < 1.29 is 38.2 Å². The summed E-state index contributed by atoms with van der Waals surface area (Å²) in [6.45, 7) is 4.51. The van der Waals surface area contributed by atoms with Crippen molar-refractivity contribution >= 4 is 17.9 Å². The number of carbonyl (C=O) groups excluding carboxylic acids is 2. The summed E-state index contributed by atoms with van der Waals surface area (Å²) in [6, 6.07) is -0.632. The van der Waals surface area contributed by atoms with Crippen LogP contribution in [0.25, 0.3) is 0 Å². The molecule has 0 radical (unpaired) electrons. The third-order valence-electron chi connectivity index (χ3n) is 10.4. The van der Waals surface area contributed by atoms with E-state index in [0.29, 0.717) is 12.8 Å². The van der Waals surface area contributed by atoms with Crippen molar-refractivity contribution in [3.8, 4) is 0 Å². The molecular weight excluding hydrogens is 811 g/mol. The van der Waals surface area contributed by atoms with Crippen LogP contribution in [0.1, 0.15) is 168 Å². The van der Waals surface area contributed by atoms with Gasteiger partial charge < -0.3 is 23.8 Å². The molecule has 1 N–H and O–H groups in total. The number of quaternary nitrogens is 1. The van der Waals surface area contributed by atoms with Gasteiger partial charge in [-0.05, 0) is 89.9 Å². The number of aliphatic carboxylic acids is 1. The summed E-state index contributed by atoms with van der Waals surface area (Å²) in [4.78, 5) is 37.1. The van der Waals surface area contributed by atoms with Crippen LogP contribution in [0.15, 0.2) is 122 Å². The predicted molar refractivity (Wildman–Crippen MR) is 275 cm³/mol. The number of likely N-dealkylation sites (N-methyl/N-ethyl adjacent to an activating group) is 1. The number of carbonyl (C=O) groups is 3. The fourth-order valence-corrected chi connectivity index (χ4v) is 6.58. The van der Waals surface area contributed by atoms with E-state index in [9.17, 15) is 19.5 Å². The van der Waals surface area contributed by atoms with Crippen LogP contribution in [0, 0.1) is 0 Å². The van der Waals surface area contributed by atoms with E-state index in [1.807, 2.05) is 27.2 Å². The van der Waals surface area contributed by atoms with Crippen LogP contribution in [0.4, 0.5) is 0 Å². The molecule has 0 aromatic rings. The Labute approximate surface area is 397 Å². The molecule has 0 amide bonds. The van der Waals surface area contributed by atoms with Gasteiger partial charge >= 0.3 is 17.9 Å². The van der Waals surface area contributed by atoms with Crippen LogP contribution in [0.2, 0.25) is 0 Å². The van der Waals surface area contributed by atoms with Crippen LogP contribution in [-0.4, -0.2) is 80.6 Å². The number of allylic oxidation sites excluding steroid dienone is 20. The molecule has 2 unspecified atom stereocenters. The smallest absolute Gasteiger partial charge is 0.362 e. The predicted octanol–water partition coefficient (Wildman–Crippen LogP) is 14.6. The van der Waals surface area contributed by atoms with Crippen molar-refractivity contribution in [2.24, 2.45) is 0 Å². The van der Waals surface area contributed by atoms with E-state index in [2.05, 4.69) is 129 Å². The second kappa shape index (κ2) is 46.3. The summed E-state index contributed by atoms with van der Waals surface area (Å²) in [5.41, 5.74) is 0. The summed E-state index contributed by atoms with van der Waals surface area (Å²) in [5.74, 6) is -1.55. The second-order valence-corrected chi connectivity index (χ2v) is 17.4. The number of carboxylic acid groups (broad SMARTS) is 1. The molecule has 0 heterocycles. The third kappa shape index (κ3) is 44.7. The molecule has 0 aromatic heterocycles. The Balaban J connectivity index is 4.40. The lowest BCUT2D eigenvalue weighted by Crippen LogP contribution is -2.50. The van der Waals surface area contributed by atoms with Gasteiger partial charge in [0, 0.05) is 19.3 Å². The standard InChI is InChI=1S/C57H91NO7/c1-6-8-10-12-14-16-18-20-22-24-26-27-28-29-30-32-33-35-37-39-41-43-45-47-55(59)64-52-53(51-63-50-49-54(57(61)62)58(3,4)5)65-56(60)48-46-44-42-40-38-36-34-31-25-23-21-19-17-15-13-11-9-7-2/h8,10,14-17,19-23,25-27,29-31,33-35,53-54H,6-7,9,11-13,18,24,28,32,36-52H2,1-5H3/p+1/b10-8+,16-14+,17-15+,21-19+,22-20+,25-23+,27-26+,30-29+,34-31+,35-33+. The Morgan fingerprint density at radius 3 is 1.42 bits per heavy atom. The molecule has 0 aromatic carbocycles. The quantitative estimate of drug-likeness (QED) is 0.0214. The number of ether oxygens (including phenoxy) is 3. The molecule has 8 heteroatoms. The number of esters is 2. The van der Waals surface area contributed by atoms with E-state index in [1.54, 1.807) is 0 Å². The SMILES string of the molecule is CC/C=C/C/C=C/C/C=C/C/C=C/C/C=C/C/C=C/CCCCCCC(=O)OCC(COCCC(C(=O)O)[N+](C)(C)C)OC(=O)CCCCCCC/C=C/C=C/C=C/C=C/CCCCC. The zero-order chi connectivity index (χ0) is 47.7. The highest BCUT2D eigenvalue weighted by atomic mass is 16.6. The van der Waals surface area contributed by atoms with Gasteiger partial charge in [-0.1, -0.05) is 180 Å². The first-order valence-electron chi connectivity index (χ1n) is 25.1. The summed E-state index contributed by atoms with van der Waals surface area (Å²) in [7, 11) is 5.50. The zero-order valence-electron chi connectivity index (χ0n) is 41.6. The highest BCUT2D eigenvalue weighted by Gasteiger charge is 2.31. The highest BCUT2D eigenvalue weighted by Crippen LogP contribution is 2.13. The first-order chi connectivity index (χ1) is 31.6. The van der Waals surface area contributed by atoms with Gasteiger partial charge in [-0.2, -0.15) is 0 Å². The fourth-order valence-electron chi connectivity index (χ4n) is 6.58. The topological polar surface area (TPSA) is 99.1 Å². The van der Waals surface area contributed by atoms with Crippen LogP contribution in [0.5, 0.6) is 0 Å². The van der Waals surface area contributed by atoms with Gasteiger partial charge in [-0.25, -0.2) is 4.79 Å². The summed E-state index contributed by atoms with van der Waals surface area (Å²) >= 11 is 0. The van der Waals surface area contributed by atoms with Gasteiger partial charge in [0.25, 0.3) is 0 Å². The molecule has 0 saturated carbocycles. The van der Waals surface area contributed by atoms with Gasteiger partial charge in [0.05, 0.1) is 34.4 Å². The monoisotopic (exact) mass is 903 g/mol. The molecule has 0 fully saturated rings. The first kappa shape index (κ1) is 60.7. The Hall–Kier alpha value is -4.27. The summed E-state index contributed by atoms with van der Waals surface area (Å²) < 4.78 is 17.3. The molecule has 0 aliphatic heterocycles. The number of carboxylic acids is 1. The maximum Gasteiger partial charge on any atom is 0.362 e. The Morgan fingerprint density at radius 1 is 0.492 bits per heavy atom. The highest BCUT2D eigenvalue weighted by molar-refractivity contribution is 5.72. The van der Waals surface area contributed by atoms with Crippen molar-refractivity contribution in [2.75, 3.05) is 41.0 Å². The lowest BCUT2D eigenvalue weighted by atomic mass is 10.1. The normalized spacial score (nSPS) is 13.9. The molecule has 366 valence electrons. The van der Waals surface area contributed by atoms with E-state index in [4.69, 9.17) is 14.2 Å². The maximum absolute atomic E-state index is 12.8. The third-order valence-corrected chi connectivity index (χ3v) is 10.4. The number of unbranched alkanes of at least 4 members (excludes halogenated alkanes) is 12. The summed E-state index contributed by atoms with van der Waals surface area (Å²) in [5, 5.41) is 9.65. The largest absolute Gasteiger partial charge is 0.477 e. The minimum Gasteiger partial charge on any atom is -0.477 e. The van der Waals surface area contributed by atoms with Crippen molar-refractivity contribution in [3.05, 3.63) is 122 Å². The van der Waals surface area contributed by atoms with Gasteiger partial charge in [0.15, 0.2) is 12.1 Å². The Bertz CT molecular complexity index is 1470. The molecule has 65 heavy (non-hydrogen) atoms. The molecule has 0 saturated heterocycles. The Morgan fingerprint density at radius 2 is 0.923 bits per heavy atom. The van der Waals surface area contributed by atoms with Gasteiger partial charge in [-0.15, -0.1) is 0 Å². The van der Waals surface area contributed by atoms with Gasteiger partial charge in [-0.3, -0.25) is 9.59 Å². The lowest BCUT2D eigenvalue weighted by molar-refractivity contribution is -0.887. The first-order valence-corrected chi connectivity index (χ1v) is 25.1. The molecular formula is C57H92NO7+. The molecule has 0 spiro atoms. The molecule has 2 atom stereocenters. The lowest BCUT2D eigenvalue weighted by Gasteiger charge is -2.31. The average Bonchev–Trinajstić information content (AvgIpc) is 3.27. The molecule has 0 bridgehead atoms. The maximum atomic E-state index is 12.8. The fraction of sp³-hybridized carbons (Fsp3) is 0.596. The van der Waals surface area contributed by atoms with Gasteiger partial charge in [0.1, 0.15) is 6.61 Å². The van der Waals surface area contributed by atoms with E-state index in [-0.39, 0.29) is 42.7 Å². The van der Waals surface area contributed by atoms with Crippen LogP contribution in [-0.2, 0) is 28.6 Å². The molecule has 0 aliphatic rings. The summed E-state index contributed by atoms with van der Waals surface area (Å²) in [6.07, 6.45) is 65.2. The minimum atomic E-state index is -0.889. The van der Waals surface area contributed by atoms with Crippen molar-refractivity contribution in [2.45, 2.75) is 180 Å². The van der Waals surface area contributed by atoms with Crippen molar-refractivity contribution in [1.82, 2.24) is 0 Å². The van der Waals surface area contributed by atoms with E-state index in [1.165, 1.54) is 19.3 Å². The van der Waals surface area contributed by atoms with Crippen LogP contribution < -0.4 is 0 Å². The van der Waals surface area contributed by atoms with E-state index < -0.39 is 18.1 Å². The average molecular weight is 903 g/mol. The van der Waals surface area contributed by atoms with Crippen LogP contribution >= 0.6 is 0 Å². The minimum absolute atomic E-state index is 0.0340. The number of nitrogens with zero attached hydrogens (tertiary/aromatic N) is 1. The Kier molecular flexibility index (Phi) is 43.2. The van der Waals surface area contributed by atoms with Crippen molar-refractivity contribution in [1.29, 1.82) is 0 Å². The van der Waals surface area contributed by atoms with E-state index >= 15 is 0 Å². The molecule has 8 nitrogen and oxygen atoms in total. The molecule has 0 aliphatic carbocycles. The van der Waals surface area contributed by atoms with Crippen LogP contribution in [0.3, 0.4) is 0 Å².